The first-order valence-corrected chi connectivity index (χ1v) is 6.22. The molecule has 0 radical (unpaired) electrons. The predicted molar refractivity (Wildman–Crippen MR) is 65.2 cm³/mol. The molecule has 1 unspecified atom stereocenters. The quantitative estimate of drug-likeness (QED) is 0.712. The van der Waals surface area contributed by atoms with Gasteiger partial charge in [0.1, 0.15) is 0 Å². The molecule has 1 saturated heterocycles. The van der Waals surface area contributed by atoms with Gasteiger partial charge in [0.25, 0.3) is 0 Å². The number of hydrogen-bond donors (Lipinski definition) is 2. The van der Waals surface area contributed by atoms with Crippen molar-refractivity contribution >= 4 is 23.6 Å². The Balaban J connectivity index is 2.47. The van der Waals surface area contributed by atoms with Gasteiger partial charge in [-0.05, 0) is 20.9 Å². The summed E-state index contributed by atoms with van der Waals surface area (Å²) in [6.07, 6.45) is 0. The van der Waals surface area contributed by atoms with Gasteiger partial charge in [-0.15, -0.1) is 11.8 Å². The van der Waals surface area contributed by atoms with Gasteiger partial charge in [0.15, 0.2) is 0 Å². The molecule has 0 spiro atoms. The minimum atomic E-state index is -0.180. The van der Waals surface area contributed by atoms with E-state index in [4.69, 9.17) is 0 Å². The van der Waals surface area contributed by atoms with E-state index in [1.54, 1.807) is 18.8 Å². The first-order chi connectivity index (χ1) is 7.38. The molecule has 1 heterocycles. The van der Waals surface area contributed by atoms with Crippen LogP contribution >= 0.6 is 11.8 Å². The van der Waals surface area contributed by atoms with E-state index in [0.29, 0.717) is 0 Å². The van der Waals surface area contributed by atoms with Gasteiger partial charge in [-0.1, -0.05) is 0 Å². The van der Waals surface area contributed by atoms with Crippen molar-refractivity contribution in [2.24, 2.45) is 0 Å². The van der Waals surface area contributed by atoms with E-state index in [2.05, 4.69) is 24.5 Å². The molecule has 6 heteroatoms. The second-order valence-electron chi connectivity index (χ2n) is 4.28. The van der Waals surface area contributed by atoms with Crippen molar-refractivity contribution in [2.45, 2.75) is 24.8 Å². The third-order valence-electron chi connectivity index (χ3n) is 2.92. The van der Waals surface area contributed by atoms with Crippen LogP contribution in [0.1, 0.15) is 13.8 Å². The number of likely N-dealkylation sites (N-methyl/N-ethyl adjacent to an activating group) is 2. The van der Waals surface area contributed by atoms with Crippen LogP contribution in [-0.4, -0.2) is 54.0 Å². The summed E-state index contributed by atoms with van der Waals surface area (Å²) >= 11 is 1.75. The summed E-state index contributed by atoms with van der Waals surface area (Å²) in [5, 5.41) is 5.10. The number of nitrogens with one attached hydrogen (secondary N) is 2. The Morgan fingerprint density at radius 2 is 2.12 bits per heavy atom. The van der Waals surface area contributed by atoms with Gasteiger partial charge in [-0.25, -0.2) is 0 Å². The second-order valence-corrected chi connectivity index (χ2v) is 5.90. The SMILES string of the molecule is CNC(=O)CNC(=O)C1CSC(C)(C)N1C. The minimum Gasteiger partial charge on any atom is -0.358 e. The van der Waals surface area contributed by atoms with Crippen LogP contribution in [-0.2, 0) is 9.59 Å². The summed E-state index contributed by atoms with van der Waals surface area (Å²) in [6, 6.07) is -0.148. The molecule has 1 aliphatic heterocycles. The van der Waals surface area contributed by atoms with Crippen molar-refractivity contribution in [1.29, 1.82) is 0 Å². The van der Waals surface area contributed by atoms with Crippen molar-refractivity contribution in [2.75, 3.05) is 26.4 Å². The van der Waals surface area contributed by atoms with Gasteiger partial charge in [0.2, 0.25) is 11.8 Å². The zero-order valence-electron chi connectivity index (χ0n) is 10.2. The largest absolute Gasteiger partial charge is 0.358 e. The minimum absolute atomic E-state index is 0.0188. The Bertz CT molecular complexity index is 294. The standard InChI is InChI=1S/C10H19N3O2S/c1-10(2)13(4)7(6-16-10)9(15)12-5-8(14)11-3/h7H,5-6H2,1-4H3,(H,11,14)(H,12,15). The Morgan fingerprint density at radius 3 is 2.56 bits per heavy atom. The topological polar surface area (TPSA) is 61.4 Å². The zero-order chi connectivity index (χ0) is 12.3. The van der Waals surface area contributed by atoms with Gasteiger partial charge in [-0.2, -0.15) is 0 Å². The van der Waals surface area contributed by atoms with Crippen LogP contribution < -0.4 is 10.6 Å². The Morgan fingerprint density at radius 1 is 1.50 bits per heavy atom. The summed E-state index contributed by atoms with van der Waals surface area (Å²) in [4.78, 5) is 24.8. The van der Waals surface area contributed by atoms with Gasteiger partial charge in [0, 0.05) is 12.8 Å². The number of carbonyl (C=O) groups excluding carboxylic acids is 2. The van der Waals surface area contributed by atoms with Crippen molar-refractivity contribution in [1.82, 2.24) is 15.5 Å². The molecule has 0 aromatic carbocycles. The van der Waals surface area contributed by atoms with Crippen molar-refractivity contribution in [3.8, 4) is 0 Å². The second kappa shape index (κ2) is 5.05. The summed E-state index contributed by atoms with van der Waals surface area (Å²) < 4.78 is 0. The highest BCUT2D eigenvalue weighted by Crippen LogP contribution is 2.37. The van der Waals surface area contributed by atoms with Gasteiger partial charge < -0.3 is 10.6 Å². The molecule has 0 aliphatic carbocycles. The number of carbonyl (C=O) groups is 2. The smallest absolute Gasteiger partial charge is 0.239 e. The summed E-state index contributed by atoms with van der Waals surface area (Å²) in [7, 11) is 3.49. The van der Waals surface area contributed by atoms with E-state index in [1.807, 2.05) is 11.9 Å². The van der Waals surface area contributed by atoms with E-state index in [9.17, 15) is 9.59 Å². The molecular formula is C10H19N3O2S. The molecule has 1 rings (SSSR count). The van der Waals surface area contributed by atoms with E-state index < -0.39 is 0 Å². The molecule has 1 atom stereocenters. The maximum Gasteiger partial charge on any atom is 0.239 e. The lowest BCUT2D eigenvalue weighted by atomic mass is 10.2. The molecule has 1 aliphatic rings. The molecule has 92 valence electrons. The predicted octanol–water partition coefficient (Wildman–Crippen LogP) is -0.368. The van der Waals surface area contributed by atoms with Gasteiger partial charge in [0.05, 0.1) is 17.5 Å². The van der Waals surface area contributed by atoms with E-state index in [-0.39, 0.29) is 29.3 Å². The molecule has 0 saturated carbocycles. The molecule has 1 fully saturated rings. The average Bonchev–Trinajstić information content (AvgIpc) is 2.50. The lowest BCUT2D eigenvalue weighted by Gasteiger charge is -2.29. The molecule has 0 bridgehead atoms. The van der Waals surface area contributed by atoms with Crippen LogP contribution in [0.15, 0.2) is 0 Å². The van der Waals surface area contributed by atoms with Crippen LogP contribution in [0.4, 0.5) is 0 Å². The maximum absolute atomic E-state index is 11.8. The van der Waals surface area contributed by atoms with Gasteiger partial charge in [-0.3, -0.25) is 14.5 Å². The first-order valence-electron chi connectivity index (χ1n) is 5.23. The Labute approximate surface area is 100 Å². The Hall–Kier alpha value is -0.750. The normalized spacial score (nSPS) is 24.1. The van der Waals surface area contributed by atoms with Crippen molar-refractivity contribution in [3.63, 3.8) is 0 Å². The fourth-order valence-electron chi connectivity index (χ4n) is 1.50. The molecule has 5 nitrogen and oxygen atoms in total. The van der Waals surface area contributed by atoms with Crippen molar-refractivity contribution in [3.05, 3.63) is 0 Å². The third-order valence-corrected chi connectivity index (χ3v) is 4.39. The van der Waals surface area contributed by atoms with Crippen LogP contribution in [0.25, 0.3) is 0 Å². The monoisotopic (exact) mass is 245 g/mol. The van der Waals surface area contributed by atoms with Crippen LogP contribution in [0.5, 0.6) is 0 Å². The summed E-state index contributed by atoms with van der Waals surface area (Å²) in [5.74, 6) is 0.508. The third kappa shape index (κ3) is 2.89. The highest BCUT2D eigenvalue weighted by atomic mass is 32.2. The number of thioether (sulfide) groups is 1. The molecule has 0 aromatic rings. The lowest BCUT2D eigenvalue weighted by Crippen LogP contribution is -2.49. The number of amides is 2. The highest BCUT2D eigenvalue weighted by molar-refractivity contribution is 8.00. The summed E-state index contributed by atoms with van der Waals surface area (Å²) in [6.45, 7) is 4.22. The molecule has 2 N–H and O–H groups in total. The number of hydrogen-bond acceptors (Lipinski definition) is 4. The van der Waals surface area contributed by atoms with Crippen LogP contribution in [0.3, 0.4) is 0 Å². The Kier molecular flexibility index (Phi) is 4.21. The van der Waals surface area contributed by atoms with Crippen molar-refractivity contribution < 1.29 is 9.59 Å². The average molecular weight is 245 g/mol. The lowest BCUT2D eigenvalue weighted by molar-refractivity contribution is -0.128. The van der Waals surface area contributed by atoms with Crippen LogP contribution in [0, 0.1) is 0 Å². The van der Waals surface area contributed by atoms with Crippen LogP contribution in [0.2, 0.25) is 0 Å². The molecular weight excluding hydrogens is 226 g/mol. The fraction of sp³-hybridized carbons (Fsp3) is 0.800. The van der Waals surface area contributed by atoms with E-state index in [1.165, 1.54) is 0 Å². The van der Waals surface area contributed by atoms with E-state index in [0.717, 1.165) is 5.75 Å². The zero-order valence-corrected chi connectivity index (χ0v) is 11.0. The number of nitrogens with zero attached hydrogens (tertiary/aromatic N) is 1. The number of rotatable bonds is 3. The molecule has 16 heavy (non-hydrogen) atoms. The molecule has 0 aromatic heterocycles. The fourth-order valence-corrected chi connectivity index (χ4v) is 2.77. The maximum atomic E-state index is 11.8. The summed E-state index contributed by atoms with van der Waals surface area (Å²) in [5.41, 5.74) is 0. The van der Waals surface area contributed by atoms with E-state index >= 15 is 0 Å². The first kappa shape index (κ1) is 13.3. The van der Waals surface area contributed by atoms with Gasteiger partial charge >= 0.3 is 0 Å². The molecule has 2 amide bonds. The highest BCUT2D eigenvalue weighted by Gasteiger charge is 2.40.